The van der Waals surface area contributed by atoms with E-state index < -0.39 is 16.1 Å². The number of benzene rings is 2. The maximum Gasteiger partial charge on any atom is 0.294 e. The molecular weight excluding hydrogens is 536 g/mol. The first-order valence-electron chi connectivity index (χ1n) is 12.5. The number of carbonyl (C=O) groups is 3. The number of hydrogen-bond donors (Lipinski definition) is 0. The molecule has 2 fully saturated rings. The maximum atomic E-state index is 13.0. The number of non-ortho nitro benzene ring substituents is 1. The van der Waals surface area contributed by atoms with Crippen LogP contribution in [0, 0.1) is 24.0 Å². The summed E-state index contributed by atoms with van der Waals surface area (Å²) in [6, 6.07) is 16.4. The van der Waals surface area contributed by atoms with Gasteiger partial charge in [-0.25, -0.2) is 0 Å². The van der Waals surface area contributed by atoms with E-state index in [0.29, 0.717) is 18.0 Å². The Morgan fingerprint density at radius 1 is 1.03 bits per heavy atom. The van der Waals surface area contributed by atoms with Crippen LogP contribution < -0.4 is 0 Å². The lowest BCUT2D eigenvalue weighted by atomic mass is 10.2. The summed E-state index contributed by atoms with van der Waals surface area (Å²) in [6.07, 6.45) is 3.62. The van der Waals surface area contributed by atoms with E-state index >= 15 is 0 Å². The Kier molecular flexibility index (Phi) is 7.62. The van der Waals surface area contributed by atoms with E-state index in [9.17, 15) is 24.5 Å². The molecular formula is C28H26N4O5S2. The molecule has 200 valence electrons. The monoisotopic (exact) mass is 562 g/mol. The van der Waals surface area contributed by atoms with Crippen LogP contribution in [0.3, 0.4) is 0 Å². The van der Waals surface area contributed by atoms with Gasteiger partial charge in [-0.3, -0.25) is 29.4 Å². The van der Waals surface area contributed by atoms with E-state index in [2.05, 4.69) is 4.57 Å². The van der Waals surface area contributed by atoms with Crippen LogP contribution in [0.4, 0.5) is 10.5 Å². The third-order valence-corrected chi connectivity index (χ3v) is 8.68. The van der Waals surface area contributed by atoms with Crippen molar-refractivity contribution in [3.63, 3.8) is 0 Å². The third-order valence-electron chi connectivity index (χ3n) is 6.76. The third kappa shape index (κ3) is 5.64. The molecule has 39 heavy (non-hydrogen) atoms. The van der Waals surface area contributed by atoms with E-state index in [1.54, 1.807) is 23.1 Å². The molecule has 5 rings (SSSR count). The first kappa shape index (κ1) is 26.8. The highest BCUT2D eigenvalue weighted by atomic mass is 32.2. The Morgan fingerprint density at radius 2 is 1.64 bits per heavy atom. The van der Waals surface area contributed by atoms with Crippen molar-refractivity contribution in [3.05, 3.63) is 86.6 Å². The minimum atomic E-state index is -0.435. The standard InChI is InChI=1S/C28H26N4O5S2/c1-18-15-20(16-25-27(34)30(28(35)39-25)17-26(33)29-13-3-4-14-29)19(2)31(18)21-5-9-23(10-6-21)38-24-11-7-22(8-12-24)32(36)37/h5-12,15-16H,3-4,13-14,17H2,1-2H3/b25-16-. The van der Waals surface area contributed by atoms with Gasteiger partial charge in [0, 0.05) is 52.1 Å². The fraction of sp³-hybridized carbons (Fsp3) is 0.250. The predicted molar refractivity (Wildman–Crippen MR) is 151 cm³/mol. The van der Waals surface area contributed by atoms with Crippen molar-refractivity contribution >= 4 is 52.3 Å². The summed E-state index contributed by atoms with van der Waals surface area (Å²) in [6.45, 7) is 5.07. The summed E-state index contributed by atoms with van der Waals surface area (Å²) in [4.78, 5) is 53.4. The Labute approximate surface area is 234 Å². The van der Waals surface area contributed by atoms with Gasteiger partial charge in [0.05, 0.1) is 9.83 Å². The molecule has 0 N–H and O–H groups in total. The second-order valence-corrected chi connectivity index (χ2v) is 11.5. The number of likely N-dealkylation sites (tertiary alicyclic amines) is 1. The van der Waals surface area contributed by atoms with Crippen molar-refractivity contribution in [2.45, 2.75) is 36.5 Å². The Balaban J connectivity index is 1.31. The highest BCUT2D eigenvalue weighted by molar-refractivity contribution is 8.18. The molecule has 2 saturated heterocycles. The zero-order chi connectivity index (χ0) is 27.7. The van der Waals surface area contributed by atoms with Crippen LogP contribution in [0.1, 0.15) is 29.8 Å². The fourth-order valence-corrected chi connectivity index (χ4v) is 6.39. The van der Waals surface area contributed by atoms with E-state index in [1.165, 1.54) is 23.9 Å². The number of aromatic nitrogens is 1. The summed E-state index contributed by atoms with van der Waals surface area (Å²) < 4.78 is 2.08. The quantitative estimate of drug-likeness (QED) is 0.203. The SMILES string of the molecule is Cc1cc(/C=C2\SC(=O)N(CC(=O)N3CCCC3)C2=O)c(C)n1-c1ccc(Sc2ccc([N+](=O)[O-])cc2)cc1. The van der Waals surface area contributed by atoms with E-state index in [0.717, 1.165) is 61.9 Å². The van der Waals surface area contributed by atoms with Crippen LogP contribution in [0.15, 0.2) is 69.3 Å². The average molecular weight is 563 g/mol. The molecule has 1 aromatic heterocycles. The zero-order valence-electron chi connectivity index (χ0n) is 21.5. The van der Waals surface area contributed by atoms with Gasteiger partial charge in [0.1, 0.15) is 6.54 Å². The maximum absolute atomic E-state index is 13.0. The van der Waals surface area contributed by atoms with Crippen molar-refractivity contribution < 1.29 is 19.3 Å². The summed E-state index contributed by atoms with van der Waals surface area (Å²) in [5.74, 6) is -0.626. The van der Waals surface area contributed by atoms with Gasteiger partial charge >= 0.3 is 0 Å². The van der Waals surface area contributed by atoms with Crippen LogP contribution in [0.2, 0.25) is 0 Å². The van der Waals surface area contributed by atoms with Gasteiger partial charge in [0.15, 0.2) is 0 Å². The molecule has 3 heterocycles. The summed E-state index contributed by atoms with van der Waals surface area (Å²) >= 11 is 2.38. The Hall–Kier alpha value is -3.83. The first-order chi connectivity index (χ1) is 18.7. The van der Waals surface area contributed by atoms with Gasteiger partial charge in [0.25, 0.3) is 16.8 Å². The lowest BCUT2D eigenvalue weighted by Crippen LogP contribution is -2.40. The van der Waals surface area contributed by atoms with Crippen LogP contribution in [0.5, 0.6) is 0 Å². The van der Waals surface area contributed by atoms with Crippen LogP contribution in [0.25, 0.3) is 11.8 Å². The Bertz CT molecular complexity index is 1490. The predicted octanol–water partition coefficient (Wildman–Crippen LogP) is 5.81. The highest BCUT2D eigenvalue weighted by Crippen LogP contribution is 2.34. The number of amides is 3. The second-order valence-electron chi connectivity index (χ2n) is 9.36. The summed E-state index contributed by atoms with van der Waals surface area (Å²) in [5.41, 5.74) is 3.72. The molecule has 0 unspecified atom stereocenters. The molecule has 0 atom stereocenters. The minimum Gasteiger partial charge on any atom is -0.341 e. The molecule has 2 aliphatic heterocycles. The van der Waals surface area contributed by atoms with Crippen molar-refractivity contribution in [2.24, 2.45) is 0 Å². The van der Waals surface area contributed by atoms with Gasteiger partial charge in [0.2, 0.25) is 5.91 Å². The largest absolute Gasteiger partial charge is 0.341 e. The molecule has 9 nitrogen and oxygen atoms in total. The Morgan fingerprint density at radius 3 is 2.26 bits per heavy atom. The number of aryl methyl sites for hydroxylation is 1. The number of nitro benzene ring substituents is 1. The number of thioether (sulfide) groups is 1. The number of nitrogens with zero attached hydrogens (tertiary/aromatic N) is 4. The second kappa shape index (κ2) is 11.1. The normalized spacial score (nSPS) is 16.5. The minimum absolute atomic E-state index is 0.0596. The zero-order valence-corrected chi connectivity index (χ0v) is 23.1. The molecule has 2 aromatic carbocycles. The molecule has 0 aliphatic carbocycles. The van der Waals surface area contributed by atoms with Crippen LogP contribution in [-0.4, -0.2) is 56.0 Å². The number of nitro groups is 1. The fourth-order valence-electron chi connectivity index (χ4n) is 4.75. The van der Waals surface area contributed by atoms with Crippen molar-refractivity contribution in [1.29, 1.82) is 0 Å². The number of rotatable bonds is 7. The van der Waals surface area contributed by atoms with Crippen molar-refractivity contribution in [3.8, 4) is 5.69 Å². The smallest absolute Gasteiger partial charge is 0.294 e. The van der Waals surface area contributed by atoms with E-state index in [-0.39, 0.29) is 18.1 Å². The lowest BCUT2D eigenvalue weighted by molar-refractivity contribution is -0.384. The summed E-state index contributed by atoms with van der Waals surface area (Å²) in [5, 5.41) is 10.4. The molecule has 0 bridgehead atoms. The van der Waals surface area contributed by atoms with E-state index in [1.807, 2.05) is 44.2 Å². The molecule has 0 spiro atoms. The number of imide groups is 1. The molecule has 3 aromatic rings. The van der Waals surface area contributed by atoms with Gasteiger partial charge in [-0.1, -0.05) is 11.8 Å². The molecule has 0 radical (unpaired) electrons. The number of hydrogen-bond acceptors (Lipinski definition) is 7. The van der Waals surface area contributed by atoms with Crippen LogP contribution >= 0.6 is 23.5 Å². The van der Waals surface area contributed by atoms with E-state index in [4.69, 9.17) is 0 Å². The summed E-state index contributed by atoms with van der Waals surface area (Å²) in [7, 11) is 0. The van der Waals surface area contributed by atoms with Gasteiger partial charge in [-0.2, -0.15) is 0 Å². The van der Waals surface area contributed by atoms with Gasteiger partial charge < -0.3 is 9.47 Å². The first-order valence-corrected chi connectivity index (χ1v) is 14.1. The van der Waals surface area contributed by atoms with Crippen molar-refractivity contribution in [2.75, 3.05) is 19.6 Å². The van der Waals surface area contributed by atoms with Gasteiger partial charge in [-0.05, 0) is 92.6 Å². The molecule has 0 saturated carbocycles. The lowest BCUT2D eigenvalue weighted by Gasteiger charge is -2.18. The highest BCUT2D eigenvalue weighted by Gasteiger charge is 2.37. The van der Waals surface area contributed by atoms with Crippen LogP contribution in [-0.2, 0) is 9.59 Å². The van der Waals surface area contributed by atoms with Gasteiger partial charge in [-0.15, -0.1) is 0 Å². The molecule has 2 aliphatic rings. The average Bonchev–Trinajstić information content (AvgIpc) is 3.61. The molecule has 3 amide bonds. The molecule has 11 heteroatoms. The number of carbonyl (C=O) groups excluding carboxylic acids is 3. The topological polar surface area (TPSA) is 106 Å². The van der Waals surface area contributed by atoms with Crippen molar-refractivity contribution in [1.82, 2.24) is 14.4 Å².